The molecule has 0 unspecified atom stereocenters. The first-order chi connectivity index (χ1) is 4.09. The van der Waals surface area contributed by atoms with E-state index in [1.54, 1.807) is 0 Å². The van der Waals surface area contributed by atoms with E-state index in [1.807, 2.05) is 0 Å². The molecule has 0 bridgehead atoms. The monoisotopic (exact) mass is 129 g/mol. The summed E-state index contributed by atoms with van der Waals surface area (Å²) in [4.78, 5) is 20.4. The number of nitrogens with two attached hydrogens (primary N) is 1. The van der Waals surface area contributed by atoms with E-state index < -0.39 is 11.7 Å². The largest absolute Gasteiger partial charge is 0.515 e. The van der Waals surface area contributed by atoms with Crippen molar-refractivity contribution >= 4 is 11.7 Å². The van der Waals surface area contributed by atoms with Gasteiger partial charge in [-0.15, -0.1) is 0 Å². The predicted octanol–water partition coefficient (Wildman–Crippen LogP) is -0.497. The van der Waals surface area contributed by atoms with Crippen LogP contribution in [-0.2, 0) is 9.59 Å². The van der Waals surface area contributed by atoms with Crippen molar-refractivity contribution in [3.63, 3.8) is 0 Å². The van der Waals surface area contributed by atoms with Gasteiger partial charge in [-0.25, -0.2) is 0 Å². The Labute approximate surface area is 52.0 Å². The molecule has 0 aliphatic heterocycles. The van der Waals surface area contributed by atoms with E-state index in [4.69, 9.17) is 5.11 Å². The number of hydrogen-bond donors (Lipinski definition) is 2. The second-order valence-corrected chi connectivity index (χ2v) is 1.46. The summed E-state index contributed by atoms with van der Waals surface area (Å²) < 4.78 is 0. The van der Waals surface area contributed by atoms with Gasteiger partial charge in [-0.1, -0.05) is 0 Å². The van der Waals surface area contributed by atoms with Crippen LogP contribution in [0.25, 0.3) is 0 Å². The van der Waals surface area contributed by atoms with Gasteiger partial charge in [-0.3, -0.25) is 9.59 Å². The molecule has 0 atom stereocenters. The van der Waals surface area contributed by atoms with Crippen molar-refractivity contribution in [3.8, 4) is 0 Å². The Morgan fingerprint density at radius 1 is 1.56 bits per heavy atom. The molecule has 4 heteroatoms. The minimum absolute atomic E-state index is 0.380. The molecule has 3 N–H and O–H groups in total. The van der Waals surface area contributed by atoms with E-state index in [0.717, 1.165) is 6.92 Å². The highest BCUT2D eigenvalue weighted by atomic mass is 16.2. The second-order valence-electron chi connectivity index (χ2n) is 1.46. The Bertz CT molecular complexity index is 155. The lowest BCUT2D eigenvalue weighted by molar-refractivity contribution is -0.120. The minimum Gasteiger partial charge on any atom is -0.515 e. The van der Waals surface area contributed by atoms with E-state index >= 15 is 0 Å². The van der Waals surface area contributed by atoms with Crippen LogP contribution in [0.1, 0.15) is 6.92 Å². The van der Waals surface area contributed by atoms with Gasteiger partial charge in [0.1, 0.15) is 5.57 Å². The normalized spacial score (nSPS) is 11.0. The van der Waals surface area contributed by atoms with E-state index in [-0.39, 0.29) is 5.57 Å². The molecular formula is C5H7NO3. The first kappa shape index (κ1) is 7.68. The number of Topliss-reactive ketones (excluding diaryl/α,β-unsaturated/α-hetero) is 1. The Morgan fingerprint density at radius 3 is 2.00 bits per heavy atom. The molecule has 0 radical (unpaired) electrons. The third kappa shape index (κ3) is 1.94. The lowest BCUT2D eigenvalue weighted by atomic mass is 10.2. The number of aliphatic hydroxyl groups excluding tert-OH is 1. The van der Waals surface area contributed by atoms with Gasteiger partial charge in [0, 0.05) is 0 Å². The summed E-state index contributed by atoms with van der Waals surface area (Å²) in [5, 5.41) is 8.18. The molecule has 9 heavy (non-hydrogen) atoms. The van der Waals surface area contributed by atoms with E-state index in [0.29, 0.717) is 6.26 Å². The molecule has 0 aromatic rings. The summed E-state index contributed by atoms with van der Waals surface area (Å²) in [6.07, 6.45) is 0.407. The molecule has 0 saturated carbocycles. The van der Waals surface area contributed by atoms with Gasteiger partial charge in [0.15, 0.2) is 5.78 Å². The molecule has 0 aliphatic rings. The van der Waals surface area contributed by atoms with Gasteiger partial charge in [0.25, 0.3) is 5.91 Å². The summed E-state index contributed by atoms with van der Waals surface area (Å²) in [7, 11) is 0. The Morgan fingerprint density at radius 2 is 2.00 bits per heavy atom. The van der Waals surface area contributed by atoms with Gasteiger partial charge in [0.05, 0.1) is 6.26 Å². The fourth-order valence-corrected chi connectivity index (χ4v) is 0.328. The predicted molar refractivity (Wildman–Crippen MR) is 30.6 cm³/mol. The number of rotatable bonds is 2. The zero-order valence-corrected chi connectivity index (χ0v) is 4.92. The van der Waals surface area contributed by atoms with Crippen LogP contribution in [0.2, 0.25) is 0 Å². The average molecular weight is 129 g/mol. The quantitative estimate of drug-likeness (QED) is 0.228. The number of hydrogen-bond acceptors (Lipinski definition) is 3. The smallest absolute Gasteiger partial charge is 0.255 e. The van der Waals surface area contributed by atoms with Gasteiger partial charge >= 0.3 is 0 Å². The zero-order chi connectivity index (χ0) is 7.44. The Balaban J connectivity index is 4.38. The highest BCUT2D eigenvalue weighted by Crippen LogP contribution is 1.91. The van der Waals surface area contributed by atoms with Gasteiger partial charge in [-0.2, -0.15) is 0 Å². The van der Waals surface area contributed by atoms with Crippen molar-refractivity contribution in [1.82, 2.24) is 0 Å². The standard InChI is InChI=1S/C5H7NO3/c1-3(8)4(2-7)5(6)9/h2,7H,1H3,(H2,6,9)/b4-2-. The number of amides is 1. The molecule has 0 rings (SSSR count). The maximum Gasteiger partial charge on any atom is 0.255 e. The fraction of sp³-hybridized carbons (Fsp3) is 0.200. The van der Waals surface area contributed by atoms with Crippen LogP contribution in [-0.4, -0.2) is 16.8 Å². The molecular weight excluding hydrogens is 122 g/mol. The van der Waals surface area contributed by atoms with E-state index in [1.165, 1.54) is 0 Å². The van der Waals surface area contributed by atoms with Crippen molar-refractivity contribution in [1.29, 1.82) is 0 Å². The lowest BCUT2D eigenvalue weighted by Crippen LogP contribution is -2.18. The maximum absolute atomic E-state index is 10.3. The molecule has 1 amide bonds. The number of carbonyl (C=O) groups excluding carboxylic acids is 2. The number of ketones is 1. The van der Waals surface area contributed by atoms with Gasteiger partial charge in [-0.05, 0) is 6.92 Å². The van der Waals surface area contributed by atoms with Crippen molar-refractivity contribution in [2.75, 3.05) is 0 Å². The summed E-state index contributed by atoms with van der Waals surface area (Å²) in [5.74, 6) is -1.45. The fourth-order valence-electron chi connectivity index (χ4n) is 0.328. The van der Waals surface area contributed by atoms with Gasteiger partial charge < -0.3 is 10.8 Å². The molecule has 0 fully saturated rings. The third-order valence-corrected chi connectivity index (χ3v) is 0.774. The van der Waals surface area contributed by atoms with E-state index in [2.05, 4.69) is 5.73 Å². The molecule has 0 spiro atoms. The Hall–Kier alpha value is -1.32. The van der Waals surface area contributed by atoms with E-state index in [9.17, 15) is 9.59 Å². The topological polar surface area (TPSA) is 80.4 Å². The first-order valence-electron chi connectivity index (χ1n) is 2.24. The second kappa shape index (κ2) is 2.86. The summed E-state index contributed by atoms with van der Waals surface area (Å²) >= 11 is 0. The van der Waals surface area contributed by atoms with Crippen molar-refractivity contribution < 1.29 is 14.7 Å². The first-order valence-corrected chi connectivity index (χ1v) is 2.24. The lowest BCUT2D eigenvalue weighted by Gasteiger charge is -1.91. The summed E-state index contributed by atoms with van der Waals surface area (Å²) in [6, 6.07) is 0. The van der Waals surface area contributed by atoms with Crippen molar-refractivity contribution in [2.45, 2.75) is 6.92 Å². The van der Waals surface area contributed by atoms with Crippen molar-refractivity contribution in [3.05, 3.63) is 11.8 Å². The summed E-state index contributed by atoms with van der Waals surface area (Å²) in [6.45, 7) is 1.15. The molecule has 0 aliphatic carbocycles. The third-order valence-electron chi connectivity index (χ3n) is 0.774. The van der Waals surface area contributed by atoms with Crippen LogP contribution in [0.5, 0.6) is 0 Å². The van der Waals surface area contributed by atoms with Gasteiger partial charge in [0.2, 0.25) is 0 Å². The van der Waals surface area contributed by atoms with Crippen LogP contribution in [0.3, 0.4) is 0 Å². The van der Waals surface area contributed by atoms with Crippen LogP contribution in [0.4, 0.5) is 0 Å². The maximum atomic E-state index is 10.3. The minimum atomic E-state index is -0.912. The van der Waals surface area contributed by atoms with Crippen molar-refractivity contribution in [2.24, 2.45) is 5.73 Å². The van der Waals surface area contributed by atoms with Crippen LogP contribution < -0.4 is 5.73 Å². The Kier molecular flexibility index (Phi) is 2.44. The highest BCUT2D eigenvalue weighted by Gasteiger charge is 2.08. The molecule has 50 valence electrons. The molecule has 0 heterocycles. The molecule has 0 aromatic carbocycles. The molecule has 4 nitrogen and oxygen atoms in total. The SMILES string of the molecule is CC(=O)/C(=C/O)C(N)=O. The molecule has 0 aromatic heterocycles. The number of aliphatic hydroxyl groups is 1. The highest BCUT2D eigenvalue weighted by molar-refractivity contribution is 6.17. The van der Waals surface area contributed by atoms with Crippen LogP contribution >= 0.6 is 0 Å². The zero-order valence-electron chi connectivity index (χ0n) is 4.92. The summed E-state index contributed by atoms with van der Waals surface area (Å²) in [5.41, 5.74) is 4.28. The number of carbonyl (C=O) groups is 2. The average Bonchev–Trinajstić information content (AvgIpc) is 1.64. The van der Waals surface area contributed by atoms with Crippen LogP contribution in [0.15, 0.2) is 11.8 Å². The number of primary amides is 1. The molecule has 0 saturated heterocycles. The van der Waals surface area contributed by atoms with Crippen LogP contribution in [0, 0.1) is 0 Å².